The van der Waals surface area contributed by atoms with Gasteiger partial charge in [-0.3, -0.25) is 10.1 Å². The van der Waals surface area contributed by atoms with Gasteiger partial charge >= 0.3 is 12.0 Å². The molecular weight excluding hydrogens is 394 g/mol. The van der Waals surface area contributed by atoms with Crippen LogP contribution in [0.3, 0.4) is 0 Å². The lowest BCUT2D eigenvalue weighted by Gasteiger charge is -2.08. The van der Waals surface area contributed by atoms with Gasteiger partial charge in [-0.25, -0.2) is 19.3 Å². The third kappa shape index (κ3) is 3.99. The van der Waals surface area contributed by atoms with Crippen molar-refractivity contribution in [3.63, 3.8) is 0 Å². The first kappa shape index (κ1) is 19.2. The molecule has 1 aliphatic heterocycles. The lowest BCUT2D eigenvalue weighted by Crippen LogP contribution is -2.37. The lowest BCUT2D eigenvalue weighted by atomic mass is 10.2. The minimum Gasteiger partial charge on any atom is -0.454 e. The summed E-state index contributed by atoms with van der Waals surface area (Å²) < 4.78 is 17.0. The first-order valence-corrected chi connectivity index (χ1v) is 9.02. The summed E-state index contributed by atoms with van der Waals surface area (Å²) >= 11 is 0. The molecule has 0 saturated carbocycles. The molecule has 3 heterocycles. The Kier molecular flexibility index (Phi) is 5.16. The van der Waals surface area contributed by atoms with Crippen LogP contribution in [-0.4, -0.2) is 46.1 Å². The van der Waals surface area contributed by atoms with E-state index in [1.807, 2.05) is 6.92 Å². The second-order valence-corrected chi connectivity index (χ2v) is 6.24. The molecule has 3 amide bonds. The number of hydrogen-bond acceptors (Lipinski definition) is 8. The highest BCUT2D eigenvalue weighted by Crippen LogP contribution is 2.34. The highest BCUT2D eigenvalue weighted by molar-refractivity contribution is 6.02. The molecule has 0 unspecified atom stereocenters. The van der Waals surface area contributed by atoms with Gasteiger partial charge in [0.25, 0.3) is 5.91 Å². The Morgan fingerprint density at radius 2 is 2.00 bits per heavy atom. The van der Waals surface area contributed by atoms with Gasteiger partial charge in [-0.1, -0.05) is 0 Å². The van der Waals surface area contributed by atoms with Crippen LogP contribution in [0, 0.1) is 0 Å². The first-order valence-electron chi connectivity index (χ1n) is 9.02. The number of ether oxygens (including phenoxy) is 3. The van der Waals surface area contributed by atoms with Crippen LogP contribution in [0.15, 0.2) is 36.7 Å². The molecule has 154 valence electrons. The highest BCUT2D eigenvalue weighted by atomic mass is 16.7. The molecule has 11 nitrogen and oxygen atoms in total. The number of anilines is 1. The molecule has 0 aliphatic carbocycles. The summed E-state index contributed by atoms with van der Waals surface area (Å²) in [7, 11) is 0. The largest absolute Gasteiger partial charge is 0.454 e. The van der Waals surface area contributed by atoms with Gasteiger partial charge in [0.2, 0.25) is 6.79 Å². The van der Waals surface area contributed by atoms with E-state index >= 15 is 0 Å². The van der Waals surface area contributed by atoms with Crippen molar-refractivity contribution in [2.24, 2.45) is 0 Å². The van der Waals surface area contributed by atoms with Crippen LogP contribution in [0.25, 0.3) is 11.0 Å². The van der Waals surface area contributed by atoms with E-state index < -0.39 is 24.5 Å². The molecule has 4 rings (SSSR count). The molecule has 0 spiro atoms. The van der Waals surface area contributed by atoms with E-state index in [2.05, 4.69) is 20.7 Å². The summed E-state index contributed by atoms with van der Waals surface area (Å²) in [6, 6.07) is 5.60. The molecule has 11 heteroatoms. The molecule has 3 aromatic rings. The number of nitrogens with zero attached hydrogens (tertiary/aromatic N) is 3. The quantitative estimate of drug-likeness (QED) is 0.606. The first-order chi connectivity index (χ1) is 14.5. The van der Waals surface area contributed by atoms with E-state index in [0.717, 1.165) is 0 Å². The number of imide groups is 1. The van der Waals surface area contributed by atoms with Gasteiger partial charge in [0, 0.05) is 29.9 Å². The predicted molar refractivity (Wildman–Crippen MR) is 103 cm³/mol. The van der Waals surface area contributed by atoms with Crippen molar-refractivity contribution < 1.29 is 28.6 Å². The van der Waals surface area contributed by atoms with Crippen molar-refractivity contribution in [1.29, 1.82) is 0 Å². The summed E-state index contributed by atoms with van der Waals surface area (Å²) in [5.41, 5.74) is 1.23. The number of benzene rings is 1. The van der Waals surface area contributed by atoms with Crippen LogP contribution in [0.1, 0.15) is 17.3 Å². The van der Waals surface area contributed by atoms with E-state index in [-0.39, 0.29) is 12.4 Å². The molecule has 2 aromatic heterocycles. The number of nitrogens with one attached hydrogen (secondary N) is 2. The second-order valence-electron chi connectivity index (χ2n) is 6.24. The molecule has 0 radical (unpaired) electrons. The zero-order chi connectivity index (χ0) is 21.1. The van der Waals surface area contributed by atoms with Crippen molar-refractivity contribution >= 4 is 34.6 Å². The van der Waals surface area contributed by atoms with Crippen LogP contribution < -0.4 is 20.1 Å². The number of carbonyl (C=O) groups excluding carboxylic acids is 3. The number of urea groups is 1. The number of aromatic nitrogens is 3. The molecule has 0 fully saturated rings. The summed E-state index contributed by atoms with van der Waals surface area (Å²) in [6.45, 7) is 2.06. The lowest BCUT2D eigenvalue weighted by molar-refractivity contribution is -0.123. The van der Waals surface area contributed by atoms with Crippen LogP contribution in [-0.2, 0) is 16.1 Å². The maximum atomic E-state index is 12.2. The van der Waals surface area contributed by atoms with Crippen LogP contribution >= 0.6 is 0 Å². The van der Waals surface area contributed by atoms with E-state index in [1.54, 1.807) is 35.1 Å². The molecule has 0 bridgehead atoms. The number of amides is 3. The zero-order valence-corrected chi connectivity index (χ0v) is 15.9. The number of carbonyl (C=O) groups is 3. The van der Waals surface area contributed by atoms with Crippen LogP contribution in [0.4, 0.5) is 10.5 Å². The SMILES string of the molecule is CCn1ncc2cc(C(=O)OCC(=O)NC(=O)Nc3ccc4c(c3)OCO4)cnc21. The maximum absolute atomic E-state index is 12.2. The average Bonchev–Trinajstić information content (AvgIpc) is 3.37. The number of fused-ring (bicyclic) bond motifs is 2. The van der Waals surface area contributed by atoms with E-state index in [0.29, 0.717) is 34.8 Å². The number of pyridine rings is 1. The third-order valence-corrected chi connectivity index (χ3v) is 4.23. The third-order valence-electron chi connectivity index (χ3n) is 4.23. The number of rotatable bonds is 5. The van der Waals surface area contributed by atoms with Gasteiger partial charge in [0.1, 0.15) is 0 Å². The van der Waals surface area contributed by atoms with Crippen molar-refractivity contribution in [2.75, 3.05) is 18.7 Å². The molecule has 1 aliphatic rings. The van der Waals surface area contributed by atoms with Crippen molar-refractivity contribution in [1.82, 2.24) is 20.1 Å². The van der Waals surface area contributed by atoms with Crippen molar-refractivity contribution in [3.8, 4) is 11.5 Å². The smallest absolute Gasteiger partial charge is 0.340 e. The van der Waals surface area contributed by atoms with Crippen LogP contribution in [0.2, 0.25) is 0 Å². The summed E-state index contributed by atoms with van der Waals surface area (Å²) in [5, 5.41) is 9.39. The normalized spacial score (nSPS) is 11.9. The van der Waals surface area contributed by atoms with Gasteiger partial charge in [-0.15, -0.1) is 0 Å². The molecule has 2 N–H and O–H groups in total. The minimum absolute atomic E-state index is 0.109. The average molecular weight is 411 g/mol. The molecule has 1 aromatic carbocycles. The van der Waals surface area contributed by atoms with Gasteiger partial charge in [0.15, 0.2) is 23.8 Å². The van der Waals surface area contributed by atoms with Gasteiger partial charge < -0.3 is 19.5 Å². The zero-order valence-electron chi connectivity index (χ0n) is 15.9. The Morgan fingerprint density at radius 3 is 2.83 bits per heavy atom. The number of hydrogen-bond donors (Lipinski definition) is 2. The van der Waals surface area contributed by atoms with E-state index in [1.165, 1.54) is 6.20 Å². The van der Waals surface area contributed by atoms with Gasteiger partial charge in [-0.2, -0.15) is 5.10 Å². The Morgan fingerprint density at radius 1 is 1.17 bits per heavy atom. The fraction of sp³-hybridized carbons (Fsp3) is 0.211. The molecule has 0 atom stereocenters. The predicted octanol–water partition coefficient (Wildman–Crippen LogP) is 1.69. The molecule has 0 saturated heterocycles. The van der Waals surface area contributed by atoms with Crippen molar-refractivity contribution in [3.05, 3.63) is 42.2 Å². The van der Waals surface area contributed by atoms with E-state index in [4.69, 9.17) is 14.2 Å². The molecular formula is C19H17N5O6. The highest BCUT2D eigenvalue weighted by Gasteiger charge is 2.16. The van der Waals surface area contributed by atoms with Crippen molar-refractivity contribution in [2.45, 2.75) is 13.5 Å². The molecule has 30 heavy (non-hydrogen) atoms. The van der Waals surface area contributed by atoms with Crippen LogP contribution in [0.5, 0.6) is 11.5 Å². The Bertz CT molecular complexity index is 1140. The Hall–Kier alpha value is -4.15. The topological polar surface area (TPSA) is 134 Å². The Balaban J connectivity index is 1.28. The minimum atomic E-state index is -0.783. The monoisotopic (exact) mass is 411 g/mol. The Labute approximate surface area is 169 Å². The fourth-order valence-corrected chi connectivity index (χ4v) is 2.83. The number of aryl methyl sites for hydroxylation is 1. The van der Waals surface area contributed by atoms with Gasteiger partial charge in [-0.05, 0) is 25.1 Å². The number of esters is 1. The maximum Gasteiger partial charge on any atom is 0.340 e. The summed E-state index contributed by atoms with van der Waals surface area (Å²) in [5.74, 6) is -0.462. The van der Waals surface area contributed by atoms with E-state index in [9.17, 15) is 14.4 Å². The summed E-state index contributed by atoms with van der Waals surface area (Å²) in [6.07, 6.45) is 2.94. The fourth-order valence-electron chi connectivity index (χ4n) is 2.83. The summed E-state index contributed by atoms with van der Waals surface area (Å²) in [4.78, 5) is 40.2. The van der Waals surface area contributed by atoms with Gasteiger partial charge in [0.05, 0.1) is 11.8 Å². The standard InChI is InChI=1S/C19H17N5O6/c1-2-24-17-11(8-21-24)5-12(7-20-17)18(26)28-9-16(25)23-19(27)22-13-3-4-14-15(6-13)30-10-29-14/h3-8H,2,9-10H2,1H3,(H2,22,23,25,27). The second kappa shape index (κ2) is 8.07.